The molecule has 0 saturated carbocycles. The molecule has 10 rings (SSSR count). The monoisotopic (exact) mass is 682 g/mol. The lowest BCUT2D eigenvalue weighted by Gasteiger charge is -2.36. The van der Waals surface area contributed by atoms with Crippen LogP contribution in [0.2, 0.25) is 0 Å². The normalized spacial score (nSPS) is 32.6. The summed E-state index contributed by atoms with van der Waals surface area (Å²) in [7, 11) is 0. The standard InChI is InChI=1S/C47H46N4O/c1-4-12-31(13-5-1)32-20-22-33(23-21-32)40-30-41(49-46(48-40)35-14-6-2-7-15-35)34-24-26-37(27-25-34)51-42-19-11-10-18-38(42)44-43(51)29-28-39-45(44)52-47(50-39)36-16-8-3-9-17-36/h1-12,14-22,24-27,31,33,38,40-44,47,50H,13,23,28-30H2,(H,48,49). The number of nitrogens with zero attached hydrogens (tertiary/aromatic N) is 2. The first-order valence-electron chi connectivity index (χ1n) is 19.3. The molecule has 7 aliphatic rings. The van der Waals surface area contributed by atoms with Gasteiger partial charge in [0.05, 0.1) is 17.8 Å². The number of anilines is 1. The number of allylic oxidation sites excluding steroid dienone is 10. The zero-order chi connectivity index (χ0) is 34.4. The van der Waals surface area contributed by atoms with Crippen molar-refractivity contribution in [2.75, 3.05) is 4.90 Å². The molecule has 260 valence electrons. The highest BCUT2D eigenvalue weighted by Crippen LogP contribution is 2.52. The van der Waals surface area contributed by atoms with Crippen LogP contribution < -0.4 is 15.5 Å². The van der Waals surface area contributed by atoms with Crippen LogP contribution in [0.5, 0.6) is 0 Å². The van der Waals surface area contributed by atoms with Gasteiger partial charge in [0.25, 0.3) is 0 Å². The Kier molecular flexibility index (Phi) is 8.08. The molecule has 2 N–H and O–H groups in total. The van der Waals surface area contributed by atoms with E-state index in [0.717, 1.165) is 43.5 Å². The van der Waals surface area contributed by atoms with Crippen LogP contribution in [0, 0.1) is 23.7 Å². The maximum atomic E-state index is 6.79. The molecule has 0 radical (unpaired) electrons. The second-order valence-electron chi connectivity index (χ2n) is 15.3. The molecule has 0 spiro atoms. The predicted octanol–water partition coefficient (Wildman–Crippen LogP) is 9.41. The number of fused-ring (bicyclic) bond motifs is 4. The maximum Gasteiger partial charge on any atom is 0.195 e. The van der Waals surface area contributed by atoms with Crippen LogP contribution in [0.15, 0.2) is 174 Å². The largest absolute Gasteiger partial charge is 0.469 e. The first-order chi connectivity index (χ1) is 25.8. The van der Waals surface area contributed by atoms with Crippen molar-refractivity contribution in [2.24, 2.45) is 28.7 Å². The fraction of sp³-hybridized carbons (Fsp3) is 0.298. The third-order valence-electron chi connectivity index (χ3n) is 12.4. The van der Waals surface area contributed by atoms with Gasteiger partial charge in [-0.3, -0.25) is 4.99 Å². The molecule has 4 aliphatic carbocycles. The van der Waals surface area contributed by atoms with Crippen molar-refractivity contribution in [3.8, 4) is 0 Å². The van der Waals surface area contributed by atoms with Gasteiger partial charge in [-0.15, -0.1) is 0 Å². The molecule has 3 aliphatic heterocycles. The van der Waals surface area contributed by atoms with Gasteiger partial charge >= 0.3 is 0 Å². The third-order valence-corrected chi connectivity index (χ3v) is 12.4. The molecule has 9 atom stereocenters. The lowest BCUT2D eigenvalue weighted by molar-refractivity contribution is 0.0989. The Hall–Kier alpha value is -5.29. The van der Waals surface area contributed by atoms with E-state index in [0.29, 0.717) is 41.8 Å². The number of rotatable bonds is 6. The fourth-order valence-electron chi connectivity index (χ4n) is 9.80. The fourth-order valence-corrected chi connectivity index (χ4v) is 9.80. The first-order valence-corrected chi connectivity index (χ1v) is 19.3. The summed E-state index contributed by atoms with van der Waals surface area (Å²) in [6.07, 6.45) is 30.7. The number of amidine groups is 1. The number of benzene rings is 3. The van der Waals surface area contributed by atoms with E-state index in [9.17, 15) is 0 Å². The van der Waals surface area contributed by atoms with Crippen molar-refractivity contribution in [2.45, 2.75) is 62.5 Å². The van der Waals surface area contributed by atoms with Gasteiger partial charge in [-0.05, 0) is 55.4 Å². The van der Waals surface area contributed by atoms with Gasteiger partial charge in [0.1, 0.15) is 11.6 Å². The molecule has 3 aromatic carbocycles. The van der Waals surface area contributed by atoms with Gasteiger partial charge in [0.2, 0.25) is 0 Å². The highest BCUT2D eigenvalue weighted by molar-refractivity contribution is 5.99. The summed E-state index contributed by atoms with van der Waals surface area (Å²) in [5.74, 6) is 3.80. The Labute approximate surface area is 307 Å². The van der Waals surface area contributed by atoms with Crippen LogP contribution in [0.4, 0.5) is 5.69 Å². The molecule has 0 aromatic heterocycles. The van der Waals surface area contributed by atoms with Gasteiger partial charge in [0.15, 0.2) is 6.23 Å². The van der Waals surface area contributed by atoms with Crippen molar-refractivity contribution in [3.63, 3.8) is 0 Å². The number of aliphatic imine (C=N–C) groups is 1. The zero-order valence-electron chi connectivity index (χ0n) is 29.5. The highest BCUT2D eigenvalue weighted by Gasteiger charge is 2.53. The van der Waals surface area contributed by atoms with Crippen LogP contribution in [0.25, 0.3) is 0 Å². The Morgan fingerprint density at radius 1 is 0.750 bits per heavy atom. The molecule has 52 heavy (non-hydrogen) atoms. The third kappa shape index (κ3) is 5.67. The van der Waals surface area contributed by atoms with Gasteiger partial charge in [-0.25, -0.2) is 0 Å². The van der Waals surface area contributed by atoms with Crippen LogP contribution >= 0.6 is 0 Å². The second kappa shape index (κ2) is 13.4. The summed E-state index contributed by atoms with van der Waals surface area (Å²) < 4.78 is 6.79. The lowest BCUT2D eigenvalue weighted by Crippen LogP contribution is -2.44. The van der Waals surface area contributed by atoms with Crippen molar-refractivity contribution in [1.29, 1.82) is 0 Å². The van der Waals surface area contributed by atoms with Gasteiger partial charge in [0, 0.05) is 52.6 Å². The van der Waals surface area contributed by atoms with Gasteiger partial charge < -0.3 is 20.3 Å². The molecule has 5 nitrogen and oxygen atoms in total. The van der Waals surface area contributed by atoms with Crippen molar-refractivity contribution in [1.82, 2.24) is 10.6 Å². The van der Waals surface area contributed by atoms with E-state index >= 15 is 0 Å². The average molecular weight is 683 g/mol. The summed E-state index contributed by atoms with van der Waals surface area (Å²) in [6.45, 7) is 0. The zero-order valence-corrected chi connectivity index (χ0v) is 29.5. The van der Waals surface area contributed by atoms with Crippen molar-refractivity contribution < 1.29 is 4.74 Å². The van der Waals surface area contributed by atoms with Crippen LogP contribution in [0.3, 0.4) is 0 Å². The van der Waals surface area contributed by atoms with Gasteiger partial charge in [-0.1, -0.05) is 140 Å². The number of hydrogen-bond donors (Lipinski definition) is 2. The molecular formula is C47H46N4O. The first kappa shape index (κ1) is 31.4. The van der Waals surface area contributed by atoms with E-state index in [1.165, 1.54) is 33.8 Å². The molecule has 0 bridgehead atoms. The molecule has 0 amide bonds. The molecular weight excluding hydrogens is 637 g/mol. The molecule has 3 heterocycles. The van der Waals surface area contributed by atoms with E-state index in [-0.39, 0.29) is 12.3 Å². The Bertz CT molecular complexity index is 2050. The summed E-state index contributed by atoms with van der Waals surface area (Å²) in [4.78, 5) is 8.06. The van der Waals surface area contributed by atoms with Crippen LogP contribution in [-0.4, -0.2) is 24.0 Å². The minimum Gasteiger partial charge on any atom is -0.469 e. The van der Waals surface area contributed by atoms with E-state index in [2.05, 4.69) is 167 Å². The quantitative estimate of drug-likeness (QED) is 0.272. The predicted molar refractivity (Wildman–Crippen MR) is 210 cm³/mol. The summed E-state index contributed by atoms with van der Waals surface area (Å²) >= 11 is 0. The van der Waals surface area contributed by atoms with E-state index < -0.39 is 0 Å². The summed E-state index contributed by atoms with van der Waals surface area (Å²) in [6, 6.07) is 31.7. The van der Waals surface area contributed by atoms with Crippen LogP contribution in [0.1, 0.15) is 61.1 Å². The highest BCUT2D eigenvalue weighted by atomic mass is 16.5. The second-order valence-corrected chi connectivity index (χ2v) is 15.3. The minimum absolute atomic E-state index is 0.0903. The van der Waals surface area contributed by atoms with Crippen LogP contribution in [-0.2, 0) is 4.74 Å². The Balaban J connectivity index is 0.908. The summed E-state index contributed by atoms with van der Waals surface area (Å²) in [5, 5.41) is 7.63. The van der Waals surface area contributed by atoms with E-state index in [4.69, 9.17) is 9.73 Å². The van der Waals surface area contributed by atoms with Crippen molar-refractivity contribution >= 4 is 11.5 Å². The molecule has 1 saturated heterocycles. The van der Waals surface area contributed by atoms with E-state index in [1.54, 1.807) is 0 Å². The molecule has 3 aromatic rings. The summed E-state index contributed by atoms with van der Waals surface area (Å²) in [5.41, 5.74) is 7.65. The Morgan fingerprint density at radius 3 is 2.35 bits per heavy atom. The maximum absolute atomic E-state index is 6.79. The van der Waals surface area contributed by atoms with Crippen molar-refractivity contribution in [3.05, 3.63) is 185 Å². The Morgan fingerprint density at radius 2 is 1.56 bits per heavy atom. The number of nitrogens with one attached hydrogen (secondary N) is 2. The SMILES string of the molecule is C1=CCC(C2=CCC(C3CC(c4ccc(N5C6C=CC=CC6C6C7=C(CCC65)NC(c5ccccc5)O7)cc4)N=C(c4ccccc4)N3)C=C2)C=C1. The topological polar surface area (TPSA) is 48.9 Å². The molecule has 1 fully saturated rings. The lowest BCUT2D eigenvalue weighted by atomic mass is 9.79. The number of hydrogen-bond acceptors (Lipinski definition) is 5. The smallest absolute Gasteiger partial charge is 0.195 e. The number of ether oxygens (including phenoxy) is 1. The average Bonchev–Trinajstić information content (AvgIpc) is 3.82. The minimum atomic E-state index is -0.108. The molecule has 9 unspecified atom stereocenters. The van der Waals surface area contributed by atoms with E-state index in [1.807, 2.05) is 0 Å². The molecule has 5 heteroatoms. The van der Waals surface area contributed by atoms with Gasteiger partial charge in [-0.2, -0.15) is 0 Å².